The van der Waals surface area contributed by atoms with Crippen LogP contribution in [0.25, 0.3) is 0 Å². The molecule has 1 aromatic carbocycles. The predicted octanol–water partition coefficient (Wildman–Crippen LogP) is 2.84. The van der Waals surface area contributed by atoms with Gasteiger partial charge in [0.15, 0.2) is 0 Å². The number of carbonyl (C=O) groups is 1. The summed E-state index contributed by atoms with van der Waals surface area (Å²) in [7, 11) is 0. The lowest BCUT2D eigenvalue weighted by atomic mass is 9.82. The van der Waals surface area contributed by atoms with Crippen LogP contribution in [0, 0.1) is 5.41 Å². The van der Waals surface area contributed by atoms with Crippen molar-refractivity contribution in [1.29, 1.82) is 0 Å². The van der Waals surface area contributed by atoms with Crippen molar-refractivity contribution < 1.29 is 9.90 Å². The molecule has 1 rings (SSSR count). The molecular weight excluding hydrogens is 252 g/mol. The Labute approximate surface area is 121 Å². The highest BCUT2D eigenvalue weighted by Gasteiger charge is 2.27. The van der Waals surface area contributed by atoms with Crippen LogP contribution >= 0.6 is 0 Å². The lowest BCUT2D eigenvalue weighted by Gasteiger charge is -2.32. The summed E-state index contributed by atoms with van der Waals surface area (Å²) in [5, 5.41) is 14.7. The molecule has 1 unspecified atom stereocenters. The molecular formula is C16H26N2O2. The van der Waals surface area contributed by atoms with Crippen LogP contribution in [0.3, 0.4) is 0 Å². The van der Waals surface area contributed by atoms with E-state index in [0.717, 1.165) is 5.56 Å². The highest BCUT2D eigenvalue weighted by Crippen LogP contribution is 2.32. The molecule has 0 aromatic heterocycles. The van der Waals surface area contributed by atoms with Gasteiger partial charge < -0.3 is 15.7 Å². The molecule has 4 nitrogen and oxygen atoms in total. The van der Waals surface area contributed by atoms with Gasteiger partial charge in [0.25, 0.3) is 0 Å². The number of aliphatic hydroxyl groups excluding tert-OH is 1. The van der Waals surface area contributed by atoms with Gasteiger partial charge in [-0.25, -0.2) is 4.79 Å². The molecule has 2 amide bonds. The lowest BCUT2D eigenvalue weighted by molar-refractivity contribution is 0.211. The molecule has 0 aliphatic rings. The fraction of sp³-hybridized carbons (Fsp3) is 0.562. The predicted molar refractivity (Wildman–Crippen MR) is 81.5 cm³/mol. The van der Waals surface area contributed by atoms with Crippen LogP contribution in [0.2, 0.25) is 0 Å². The van der Waals surface area contributed by atoms with Gasteiger partial charge in [0.2, 0.25) is 0 Å². The Morgan fingerprint density at radius 1 is 1.20 bits per heavy atom. The smallest absolute Gasteiger partial charge is 0.315 e. The van der Waals surface area contributed by atoms with E-state index in [1.54, 1.807) is 0 Å². The Balaban J connectivity index is 2.75. The molecule has 0 radical (unpaired) electrons. The molecule has 1 aromatic rings. The average molecular weight is 278 g/mol. The van der Waals surface area contributed by atoms with E-state index in [9.17, 15) is 4.79 Å². The van der Waals surface area contributed by atoms with Crippen LogP contribution in [0.1, 0.15) is 45.7 Å². The van der Waals surface area contributed by atoms with Crippen LogP contribution in [0.5, 0.6) is 0 Å². The van der Waals surface area contributed by atoms with Crippen molar-refractivity contribution in [3.63, 3.8) is 0 Å². The van der Waals surface area contributed by atoms with Crippen molar-refractivity contribution in [1.82, 2.24) is 10.6 Å². The normalized spacial score (nSPS) is 14.4. The van der Waals surface area contributed by atoms with E-state index in [2.05, 4.69) is 31.4 Å². The summed E-state index contributed by atoms with van der Waals surface area (Å²) in [4.78, 5) is 12.1. The van der Waals surface area contributed by atoms with Gasteiger partial charge in [0, 0.05) is 12.6 Å². The third-order valence-corrected chi connectivity index (χ3v) is 3.21. The number of amides is 2. The van der Waals surface area contributed by atoms with Gasteiger partial charge in [-0.15, -0.1) is 0 Å². The van der Waals surface area contributed by atoms with Crippen molar-refractivity contribution in [3.05, 3.63) is 35.9 Å². The number of carbonyl (C=O) groups excluding carboxylic acids is 1. The summed E-state index contributed by atoms with van der Waals surface area (Å²) in [6.07, 6.45) is 0.555. The van der Waals surface area contributed by atoms with Gasteiger partial charge in [-0.3, -0.25) is 0 Å². The second-order valence-corrected chi connectivity index (χ2v) is 6.24. The molecule has 0 heterocycles. The van der Waals surface area contributed by atoms with Crippen LogP contribution in [0.15, 0.2) is 30.3 Å². The van der Waals surface area contributed by atoms with Gasteiger partial charge in [-0.1, -0.05) is 51.1 Å². The Bertz CT molecular complexity index is 412. The summed E-state index contributed by atoms with van der Waals surface area (Å²) < 4.78 is 0. The van der Waals surface area contributed by atoms with Gasteiger partial charge in [0.1, 0.15) is 0 Å². The highest BCUT2D eigenvalue weighted by molar-refractivity contribution is 5.74. The fourth-order valence-corrected chi connectivity index (χ4v) is 2.11. The zero-order valence-corrected chi connectivity index (χ0v) is 12.8. The second kappa shape index (κ2) is 7.29. The molecule has 3 N–H and O–H groups in total. The quantitative estimate of drug-likeness (QED) is 0.775. The highest BCUT2D eigenvalue weighted by atomic mass is 16.3. The van der Waals surface area contributed by atoms with Crippen molar-refractivity contribution in [3.8, 4) is 0 Å². The Morgan fingerprint density at radius 3 is 2.30 bits per heavy atom. The molecule has 0 spiro atoms. The molecule has 0 saturated heterocycles. The number of nitrogens with one attached hydrogen (secondary N) is 2. The third-order valence-electron chi connectivity index (χ3n) is 3.21. The van der Waals surface area contributed by atoms with E-state index in [-0.39, 0.29) is 30.1 Å². The molecule has 20 heavy (non-hydrogen) atoms. The number of urea groups is 1. The molecule has 0 bridgehead atoms. The summed E-state index contributed by atoms with van der Waals surface area (Å²) >= 11 is 0. The minimum atomic E-state index is -0.199. The first-order chi connectivity index (χ1) is 9.34. The summed E-state index contributed by atoms with van der Waals surface area (Å²) in [6.45, 7) is 8.25. The van der Waals surface area contributed by atoms with E-state index < -0.39 is 0 Å². The first kappa shape index (κ1) is 16.5. The van der Waals surface area contributed by atoms with Gasteiger partial charge >= 0.3 is 6.03 Å². The summed E-state index contributed by atoms with van der Waals surface area (Å²) in [5.41, 5.74) is 1.00. The summed E-state index contributed by atoms with van der Waals surface area (Å²) in [5.74, 6) is 0. The van der Waals surface area contributed by atoms with Crippen molar-refractivity contribution in [2.24, 2.45) is 5.41 Å². The zero-order chi connectivity index (χ0) is 15.2. The SMILES string of the molecule is C[C@H](CCO)NC(=O)NC(c1ccccc1)C(C)(C)C. The maximum atomic E-state index is 12.1. The summed E-state index contributed by atoms with van der Waals surface area (Å²) in [6, 6.07) is 9.65. The number of hydrogen-bond acceptors (Lipinski definition) is 2. The zero-order valence-electron chi connectivity index (χ0n) is 12.8. The monoisotopic (exact) mass is 278 g/mol. The number of aliphatic hydroxyl groups is 1. The van der Waals surface area contributed by atoms with Gasteiger partial charge in [0.05, 0.1) is 6.04 Å². The Kier molecular flexibility index (Phi) is 6.02. The lowest BCUT2D eigenvalue weighted by Crippen LogP contribution is -2.45. The third kappa shape index (κ3) is 5.21. The minimum Gasteiger partial charge on any atom is -0.396 e. The van der Waals surface area contributed by atoms with Gasteiger partial charge in [-0.2, -0.15) is 0 Å². The molecule has 0 aliphatic carbocycles. The number of rotatable bonds is 5. The minimum absolute atomic E-state index is 0.0450. The van der Waals surface area contributed by atoms with E-state index in [1.807, 2.05) is 37.3 Å². The van der Waals surface area contributed by atoms with Crippen molar-refractivity contribution in [2.75, 3.05) is 6.61 Å². The molecule has 0 aliphatic heterocycles. The maximum Gasteiger partial charge on any atom is 0.315 e. The van der Waals surface area contributed by atoms with Crippen molar-refractivity contribution in [2.45, 2.75) is 46.2 Å². The number of benzene rings is 1. The van der Waals surface area contributed by atoms with Gasteiger partial charge in [-0.05, 0) is 24.3 Å². The maximum absolute atomic E-state index is 12.1. The van der Waals surface area contributed by atoms with E-state index in [1.165, 1.54) is 0 Å². The first-order valence-corrected chi connectivity index (χ1v) is 7.07. The standard InChI is InChI=1S/C16H26N2O2/c1-12(10-11-19)17-15(20)18-14(16(2,3)4)13-8-6-5-7-9-13/h5-9,12,14,19H,10-11H2,1-4H3,(H2,17,18,20)/t12-,14?/m1/s1. The Hall–Kier alpha value is -1.55. The van der Waals surface area contributed by atoms with Crippen LogP contribution in [-0.2, 0) is 0 Å². The van der Waals surface area contributed by atoms with Crippen LogP contribution in [0.4, 0.5) is 4.79 Å². The van der Waals surface area contributed by atoms with E-state index in [4.69, 9.17) is 5.11 Å². The van der Waals surface area contributed by atoms with Crippen LogP contribution in [-0.4, -0.2) is 23.8 Å². The van der Waals surface area contributed by atoms with E-state index in [0.29, 0.717) is 6.42 Å². The molecule has 2 atom stereocenters. The number of hydrogen-bond donors (Lipinski definition) is 3. The molecule has 112 valence electrons. The van der Waals surface area contributed by atoms with E-state index >= 15 is 0 Å². The largest absolute Gasteiger partial charge is 0.396 e. The molecule has 4 heteroatoms. The van der Waals surface area contributed by atoms with Crippen molar-refractivity contribution >= 4 is 6.03 Å². The van der Waals surface area contributed by atoms with Crippen LogP contribution < -0.4 is 10.6 Å². The average Bonchev–Trinajstić information content (AvgIpc) is 2.36. The Morgan fingerprint density at radius 2 is 1.80 bits per heavy atom. The topological polar surface area (TPSA) is 61.4 Å². The first-order valence-electron chi connectivity index (χ1n) is 7.07. The molecule has 0 saturated carbocycles. The molecule has 0 fully saturated rings. The fourth-order valence-electron chi connectivity index (χ4n) is 2.11. The second-order valence-electron chi connectivity index (χ2n) is 6.24.